The standard InChI is InChI=1S/C14H10N4O/c1-9-4-10(7-15)2-3-12(9)13-5-11(19)6-14-16-8-17-18(13)14/h2-6,8H,1H3,(H,16,17). The molecule has 5 nitrogen and oxygen atoms in total. The lowest BCUT2D eigenvalue weighted by Gasteiger charge is -2.08. The van der Waals surface area contributed by atoms with Gasteiger partial charge in [0, 0.05) is 17.7 Å². The quantitative estimate of drug-likeness (QED) is 0.716. The molecule has 2 aromatic heterocycles. The number of nitrogens with one attached hydrogen (secondary N) is 1. The summed E-state index contributed by atoms with van der Waals surface area (Å²) >= 11 is 0. The van der Waals surface area contributed by atoms with Crippen LogP contribution in [0.4, 0.5) is 0 Å². The number of nitriles is 1. The van der Waals surface area contributed by atoms with Crippen LogP contribution in [0.15, 0.2) is 41.5 Å². The summed E-state index contributed by atoms with van der Waals surface area (Å²) in [4.78, 5) is 15.8. The number of hydrogen-bond donors (Lipinski definition) is 1. The third-order valence-electron chi connectivity index (χ3n) is 3.04. The van der Waals surface area contributed by atoms with Gasteiger partial charge in [-0.15, -0.1) is 0 Å². The van der Waals surface area contributed by atoms with Crippen LogP contribution in [-0.4, -0.2) is 14.6 Å². The van der Waals surface area contributed by atoms with E-state index in [4.69, 9.17) is 5.26 Å². The highest BCUT2D eigenvalue weighted by molar-refractivity contribution is 5.67. The van der Waals surface area contributed by atoms with E-state index in [2.05, 4.69) is 16.2 Å². The third-order valence-corrected chi connectivity index (χ3v) is 3.04. The Kier molecular flexibility index (Phi) is 2.43. The molecule has 2 heterocycles. The molecule has 0 saturated heterocycles. The van der Waals surface area contributed by atoms with Crippen molar-refractivity contribution < 1.29 is 0 Å². The summed E-state index contributed by atoms with van der Waals surface area (Å²) in [6.07, 6.45) is 1.54. The topological polar surface area (TPSA) is 73.9 Å². The lowest BCUT2D eigenvalue weighted by Crippen LogP contribution is -2.05. The van der Waals surface area contributed by atoms with Crippen molar-refractivity contribution in [1.29, 1.82) is 5.26 Å². The fourth-order valence-electron chi connectivity index (χ4n) is 2.16. The first-order valence-electron chi connectivity index (χ1n) is 5.76. The summed E-state index contributed by atoms with van der Waals surface area (Å²) in [5, 5.41) is 11.9. The molecule has 0 saturated carbocycles. The number of aromatic nitrogens is 3. The highest BCUT2D eigenvalue weighted by atomic mass is 16.1. The number of pyridine rings is 1. The van der Waals surface area contributed by atoms with Crippen LogP contribution in [0, 0.1) is 18.3 Å². The zero-order valence-corrected chi connectivity index (χ0v) is 10.2. The van der Waals surface area contributed by atoms with Crippen molar-refractivity contribution in [1.82, 2.24) is 14.6 Å². The minimum Gasteiger partial charge on any atom is -0.290 e. The number of aromatic amines is 1. The zero-order valence-electron chi connectivity index (χ0n) is 10.2. The molecule has 0 aliphatic carbocycles. The van der Waals surface area contributed by atoms with Gasteiger partial charge < -0.3 is 0 Å². The summed E-state index contributed by atoms with van der Waals surface area (Å²) in [5.41, 5.74) is 3.66. The molecule has 1 aromatic carbocycles. The monoisotopic (exact) mass is 250 g/mol. The molecule has 0 spiro atoms. The fourth-order valence-corrected chi connectivity index (χ4v) is 2.16. The first-order valence-corrected chi connectivity index (χ1v) is 5.76. The number of aryl methyl sites for hydroxylation is 1. The van der Waals surface area contributed by atoms with E-state index in [1.165, 1.54) is 12.4 Å². The minimum absolute atomic E-state index is 0.0918. The predicted molar refractivity (Wildman–Crippen MR) is 70.7 cm³/mol. The van der Waals surface area contributed by atoms with E-state index >= 15 is 0 Å². The predicted octanol–water partition coefficient (Wildman–Crippen LogP) is 1.87. The molecular formula is C14H10N4O. The smallest absolute Gasteiger partial charge is 0.184 e. The number of nitrogens with zero attached hydrogens (tertiary/aromatic N) is 3. The first kappa shape index (κ1) is 11.2. The molecule has 0 fully saturated rings. The van der Waals surface area contributed by atoms with Crippen LogP contribution >= 0.6 is 0 Å². The Morgan fingerprint density at radius 1 is 1.32 bits per heavy atom. The van der Waals surface area contributed by atoms with Gasteiger partial charge in [-0.1, -0.05) is 6.07 Å². The Hall–Kier alpha value is -2.87. The van der Waals surface area contributed by atoms with Gasteiger partial charge in [0.05, 0.1) is 17.3 Å². The van der Waals surface area contributed by atoms with Gasteiger partial charge in [-0.2, -0.15) is 5.26 Å². The minimum atomic E-state index is -0.0918. The Morgan fingerprint density at radius 2 is 2.16 bits per heavy atom. The van der Waals surface area contributed by atoms with Crippen molar-refractivity contribution in [2.75, 3.05) is 0 Å². The van der Waals surface area contributed by atoms with Crippen LogP contribution < -0.4 is 5.43 Å². The molecule has 3 aromatic rings. The first-order chi connectivity index (χ1) is 9.19. The second kappa shape index (κ2) is 4.10. The van der Waals surface area contributed by atoms with Gasteiger partial charge in [0.15, 0.2) is 11.1 Å². The molecule has 92 valence electrons. The maximum absolute atomic E-state index is 11.7. The molecule has 0 aliphatic heterocycles. The Balaban J connectivity index is 2.33. The van der Waals surface area contributed by atoms with Crippen LogP contribution in [0.5, 0.6) is 0 Å². The van der Waals surface area contributed by atoms with Crippen molar-refractivity contribution in [3.8, 4) is 17.3 Å². The van der Waals surface area contributed by atoms with E-state index in [1.54, 1.807) is 22.7 Å². The van der Waals surface area contributed by atoms with E-state index in [9.17, 15) is 4.79 Å². The highest BCUT2D eigenvalue weighted by Gasteiger charge is 2.09. The number of H-pyrrole nitrogens is 1. The second-order valence-electron chi connectivity index (χ2n) is 4.30. The lowest BCUT2D eigenvalue weighted by molar-refractivity contribution is 0.965. The molecule has 3 rings (SSSR count). The molecular weight excluding hydrogens is 240 g/mol. The molecule has 1 N–H and O–H groups in total. The maximum atomic E-state index is 11.7. The van der Waals surface area contributed by atoms with E-state index in [1.807, 2.05) is 13.0 Å². The summed E-state index contributed by atoms with van der Waals surface area (Å²) < 4.78 is 1.75. The van der Waals surface area contributed by atoms with Gasteiger partial charge in [-0.25, -0.2) is 9.50 Å². The Labute approximate surface area is 108 Å². The van der Waals surface area contributed by atoms with Crippen molar-refractivity contribution in [2.45, 2.75) is 6.92 Å². The Morgan fingerprint density at radius 3 is 2.89 bits per heavy atom. The van der Waals surface area contributed by atoms with Gasteiger partial charge in [-0.3, -0.25) is 9.89 Å². The molecule has 0 unspecified atom stereocenters. The number of fused-ring (bicyclic) bond motifs is 1. The van der Waals surface area contributed by atoms with Crippen LogP contribution in [-0.2, 0) is 0 Å². The zero-order chi connectivity index (χ0) is 13.4. The van der Waals surface area contributed by atoms with Gasteiger partial charge >= 0.3 is 0 Å². The molecule has 0 amide bonds. The number of hydrogen-bond acceptors (Lipinski definition) is 3. The molecule has 0 aliphatic rings. The van der Waals surface area contributed by atoms with Gasteiger partial charge in [-0.05, 0) is 24.6 Å². The molecule has 19 heavy (non-hydrogen) atoms. The van der Waals surface area contributed by atoms with E-state index in [0.717, 1.165) is 16.8 Å². The van der Waals surface area contributed by atoms with E-state index < -0.39 is 0 Å². The Bertz CT molecular complexity index is 867. The van der Waals surface area contributed by atoms with Gasteiger partial charge in [0.1, 0.15) is 6.33 Å². The van der Waals surface area contributed by atoms with Gasteiger partial charge in [0.25, 0.3) is 0 Å². The van der Waals surface area contributed by atoms with E-state index in [-0.39, 0.29) is 5.43 Å². The summed E-state index contributed by atoms with van der Waals surface area (Å²) in [5.74, 6) is 0. The van der Waals surface area contributed by atoms with E-state index in [0.29, 0.717) is 11.2 Å². The second-order valence-corrected chi connectivity index (χ2v) is 4.30. The molecule has 0 atom stereocenters. The van der Waals surface area contributed by atoms with Crippen molar-refractivity contribution in [2.24, 2.45) is 0 Å². The molecule has 0 radical (unpaired) electrons. The number of rotatable bonds is 1. The highest BCUT2D eigenvalue weighted by Crippen LogP contribution is 2.23. The maximum Gasteiger partial charge on any atom is 0.184 e. The van der Waals surface area contributed by atoms with Crippen LogP contribution in [0.1, 0.15) is 11.1 Å². The van der Waals surface area contributed by atoms with Crippen LogP contribution in [0.3, 0.4) is 0 Å². The summed E-state index contributed by atoms with van der Waals surface area (Å²) in [6, 6.07) is 10.5. The van der Waals surface area contributed by atoms with Crippen LogP contribution in [0.25, 0.3) is 16.9 Å². The fraction of sp³-hybridized carbons (Fsp3) is 0.0714. The average molecular weight is 250 g/mol. The molecule has 5 heteroatoms. The number of benzene rings is 1. The average Bonchev–Trinajstić information content (AvgIpc) is 2.85. The molecule has 0 bridgehead atoms. The van der Waals surface area contributed by atoms with Crippen molar-refractivity contribution in [3.63, 3.8) is 0 Å². The van der Waals surface area contributed by atoms with Crippen molar-refractivity contribution in [3.05, 3.63) is 58.0 Å². The summed E-state index contributed by atoms with van der Waals surface area (Å²) in [7, 11) is 0. The normalized spacial score (nSPS) is 10.5. The van der Waals surface area contributed by atoms with Crippen LogP contribution in [0.2, 0.25) is 0 Å². The third kappa shape index (κ3) is 1.79. The largest absolute Gasteiger partial charge is 0.290 e. The lowest BCUT2D eigenvalue weighted by atomic mass is 10.0. The van der Waals surface area contributed by atoms with Gasteiger partial charge in [0.2, 0.25) is 0 Å². The SMILES string of the molecule is Cc1cc(C#N)ccc1-c1cc(=O)cc2nc[nH]n12. The summed E-state index contributed by atoms with van der Waals surface area (Å²) in [6.45, 7) is 1.91. The van der Waals surface area contributed by atoms with Crippen molar-refractivity contribution >= 4 is 5.65 Å².